The minimum absolute atomic E-state index is 0.0477. The molecule has 1 aromatic heterocycles. The van der Waals surface area contributed by atoms with Crippen molar-refractivity contribution >= 4 is 16.9 Å². The van der Waals surface area contributed by atoms with Gasteiger partial charge in [-0.2, -0.15) is 0 Å². The van der Waals surface area contributed by atoms with Crippen molar-refractivity contribution in [1.82, 2.24) is 0 Å². The number of benzene rings is 2. The first kappa shape index (κ1) is 18.7. The van der Waals surface area contributed by atoms with E-state index < -0.39 is 5.63 Å². The fraction of sp³-hybridized carbons (Fsp3) is 0.273. The summed E-state index contributed by atoms with van der Waals surface area (Å²) in [6, 6.07) is 12.7. The molecule has 0 atom stereocenters. The Morgan fingerprint density at radius 2 is 1.74 bits per heavy atom. The van der Waals surface area contributed by atoms with Crippen LogP contribution in [-0.2, 0) is 22.6 Å². The molecule has 0 spiro atoms. The van der Waals surface area contributed by atoms with Crippen molar-refractivity contribution in [3.63, 3.8) is 0 Å². The fourth-order valence-electron chi connectivity index (χ4n) is 2.87. The fourth-order valence-corrected chi connectivity index (χ4v) is 2.87. The lowest BCUT2D eigenvalue weighted by atomic mass is 10.0. The second-order valence-corrected chi connectivity index (χ2v) is 6.53. The smallest absolute Gasteiger partial charge is 0.336 e. The van der Waals surface area contributed by atoms with Gasteiger partial charge in [0.25, 0.3) is 0 Å². The Morgan fingerprint density at radius 1 is 1.04 bits per heavy atom. The van der Waals surface area contributed by atoms with Crippen LogP contribution < -0.4 is 10.4 Å². The molecule has 0 bridgehead atoms. The molecule has 140 valence electrons. The van der Waals surface area contributed by atoms with Crippen LogP contribution in [0.3, 0.4) is 0 Å². The Morgan fingerprint density at radius 3 is 2.44 bits per heavy atom. The largest absolute Gasteiger partial charge is 0.497 e. The van der Waals surface area contributed by atoms with Crippen molar-refractivity contribution in [3.8, 4) is 5.75 Å². The van der Waals surface area contributed by atoms with Crippen LogP contribution >= 0.6 is 0 Å². The van der Waals surface area contributed by atoms with E-state index in [4.69, 9.17) is 13.9 Å². The van der Waals surface area contributed by atoms with Gasteiger partial charge in [0.15, 0.2) is 0 Å². The number of ether oxygens (including phenoxy) is 2. The zero-order valence-corrected chi connectivity index (χ0v) is 15.7. The van der Waals surface area contributed by atoms with Crippen molar-refractivity contribution in [2.75, 3.05) is 7.11 Å². The molecule has 3 rings (SSSR count). The van der Waals surface area contributed by atoms with Gasteiger partial charge in [0.1, 0.15) is 17.9 Å². The molecule has 0 fully saturated rings. The quantitative estimate of drug-likeness (QED) is 0.485. The molecule has 1 heterocycles. The van der Waals surface area contributed by atoms with E-state index in [0.29, 0.717) is 17.6 Å². The second-order valence-electron chi connectivity index (χ2n) is 6.53. The molecule has 0 aliphatic heterocycles. The molecule has 0 saturated carbocycles. The number of aryl methyl sites for hydroxylation is 3. The van der Waals surface area contributed by atoms with E-state index in [9.17, 15) is 9.59 Å². The lowest BCUT2D eigenvalue weighted by molar-refractivity contribution is -0.144. The Labute approximate surface area is 157 Å². The molecule has 3 aromatic rings. The predicted octanol–water partition coefficient (Wildman–Crippen LogP) is 4.09. The maximum absolute atomic E-state index is 12.1. The Bertz CT molecular complexity index is 1020. The number of esters is 1. The third-order valence-electron chi connectivity index (χ3n) is 4.61. The van der Waals surface area contributed by atoms with E-state index in [1.54, 1.807) is 7.11 Å². The first-order valence-electron chi connectivity index (χ1n) is 8.79. The summed E-state index contributed by atoms with van der Waals surface area (Å²) in [6.45, 7) is 4.00. The molecule has 0 aliphatic carbocycles. The lowest BCUT2D eigenvalue weighted by Gasteiger charge is -2.09. The third kappa shape index (κ3) is 4.56. The highest BCUT2D eigenvalue weighted by molar-refractivity contribution is 5.82. The van der Waals surface area contributed by atoms with Gasteiger partial charge in [-0.1, -0.05) is 12.1 Å². The van der Waals surface area contributed by atoms with Gasteiger partial charge in [-0.3, -0.25) is 4.79 Å². The van der Waals surface area contributed by atoms with Crippen molar-refractivity contribution < 1.29 is 18.7 Å². The summed E-state index contributed by atoms with van der Waals surface area (Å²) in [5.41, 5.74) is 3.87. The standard InChI is InChI=1S/C22H22O5/c1-14-10-19-17(12-22(24)27-20(19)11-15(14)2)13-26-21(23)9-6-16-4-7-18(25-3)8-5-16/h4-5,7-8,10-12H,6,9,13H2,1-3H3. The number of carbonyl (C=O) groups is 1. The summed E-state index contributed by atoms with van der Waals surface area (Å²) in [5.74, 6) is 0.470. The molecule has 5 heteroatoms. The normalized spacial score (nSPS) is 10.8. The van der Waals surface area contributed by atoms with E-state index in [1.807, 2.05) is 50.2 Å². The van der Waals surface area contributed by atoms with Crippen LogP contribution in [0.4, 0.5) is 0 Å². The number of carbonyl (C=O) groups excluding carboxylic acids is 1. The summed E-state index contributed by atoms with van der Waals surface area (Å²) in [6.07, 6.45) is 0.850. The van der Waals surface area contributed by atoms with Gasteiger partial charge in [-0.05, 0) is 61.2 Å². The Balaban J connectivity index is 1.66. The van der Waals surface area contributed by atoms with Gasteiger partial charge >= 0.3 is 11.6 Å². The van der Waals surface area contributed by atoms with Gasteiger partial charge in [0.2, 0.25) is 0 Å². The van der Waals surface area contributed by atoms with Gasteiger partial charge < -0.3 is 13.9 Å². The van der Waals surface area contributed by atoms with Gasteiger partial charge in [0.05, 0.1) is 7.11 Å². The average Bonchev–Trinajstić information content (AvgIpc) is 2.66. The van der Waals surface area contributed by atoms with E-state index in [1.165, 1.54) is 6.07 Å². The van der Waals surface area contributed by atoms with E-state index in [2.05, 4.69) is 0 Å². The molecule has 2 aromatic carbocycles. The molecule has 0 unspecified atom stereocenters. The van der Waals surface area contributed by atoms with Crippen molar-refractivity contribution in [2.24, 2.45) is 0 Å². The monoisotopic (exact) mass is 366 g/mol. The first-order valence-corrected chi connectivity index (χ1v) is 8.79. The first-order chi connectivity index (χ1) is 13.0. The van der Waals surface area contributed by atoms with E-state index in [0.717, 1.165) is 27.8 Å². The number of rotatable bonds is 6. The summed E-state index contributed by atoms with van der Waals surface area (Å²) in [7, 11) is 1.61. The predicted molar refractivity (Wildman–Crippen MR) is 103 cm³/mol. The van der Waals surface area contributed by atoms with Crippen LogP contribution in [0.15, 0.2) is 51.7 Å². The minimum atomic E-state index is -0.449. The minimum Gasteiger partial charge on any atom is -0.497 e. The Kier molecular flexibility index (Phi) is 5.60. The van der Waals surface area contributed by atoms with Crippen molar-refractivity contribution in [3.05, 3.63) is 75.1 Å². The van der Waals surface area contributed by atoms with Crippen molar-refractivity contribution in [1.29, 1.82) is 0 Å². The Hall–Kier alpha value is -3.08. The number of methoxy groups -OCH3 is 1. The highest BCUT2D eigenvalue weighted by Crippen LogP contribution is 2.22. The van der Waals surface area contributed by atoms with Crippen LogP contribution in [0.2, 0.25) is 0 Å². The SMILES string of the molecule is COc1ccc(CCC(=O)OCc2cc(=O)oc3cc(C)c(C)cc23)cc1. The number of hydrogen-bond acceptors (Lipinski definition) is 5. The lowest BCUT2D eigenvalue weighted by Crippen LogP contribution is -2.08. The molecular weight excluding hydrogens is 344 g/mol. The van der Waals surface area contributed by atoms with Gasteiger partial charge in [0, 0.05) is 23.4 Å². The maximum Gasteiger partial charge on any atom is 0.336 e. The van der Waals surface area contributed by atoms with Gasteiger partial charge in [-0.25, -0.2) is 4.79 Å². The van der Waals surface area contributed by atoms with Crippen LogP contribution in [0, 0.1) is 13.8 Å². The molecule has 0 saturated heterocycles. The molecule has 27 heavy (non-hydrogen) atoms. The second kappa shape index (κ2) is 8.08. The van der Waals surface area contributed by atoms with Crippen LogP contribution in [-0.4, -0.2) is 13.1 Å². The zero-order chi connectivity index (χ0) is 19.4. The van der Waals surface area contributed by atoms with Gasteiger partial charge in [-0.15, -0.1) is 0 Å². The van der Waals surface area contributed by atoms with E-state index >= 15 is 0 Å². The molecule has 0 N–H and O–H groups in total. The molecule has 5 nitrogen and oxygen atoms in total. The third-order valence-corrected chi connectivity index (χ3v) is 4.61. The van der Waals surface area contributed by atoms with E-state index in [-0.39, 0.29) is 19.0 Å². The maximum atomic E-state index is 12.1. The zero-order valence-electron chi connectivity index (χ0n) is 15.7. The average molecular weight is 366 g/mol. The summed E-state index contributed by atoms with van der Waals surface area (Å²) in [5, 5.41) is 0.792. The molecule has 0 aliphatic rings. The van der Waals surface area contributed by atoms with Crippen LogP contribution in [0.25, 0.3) is 11.0 Å². The molecule has 0 amide bonds. The molecule has 0 radical (unpaired) electrons. The molecular formula is C22H22O5. The highest BCUT2D eigenvalue weighted by atomic mass is 16.5. The number of fused-ring (bicyclic) bond motifs is 1. The number of hydrogen-bond donors (Lipinski definition) is 0. The van der Waals surface area contributed by atoms with Crippen LogP contribution in [0.5, 0.6) is 5.75 Å². The van der Waals surface area contributed by atoms with Crippen molar-refractivity contribution in [2.45, 2.75) is 33.3 Å². The summed E-state index contributed by atoms with van der Waals surface area (Å²) in [4.78, 5) is 23.9. The topological polar surface area (TPSA) is 65.7 Å². The van der Waals surface area contributed by atoms with Crippen LogP contribution in [0.1, 0.15) is 28.7 Å². The highest BCUT2D eigenvalue weighted by Gasteiger charge is 2.11. The summed E-state index contributed by atoms with van der Waals surface area (Å²) < 4.78 is 15.8. The summed E-state index contributed by atoms with van der Waals surface area (Å²) >= 11 is 0.